The van der Waals surface area contributed by atoms with Crippen LogP contribution in [0.15, 0.2) is 28.8 Å². The fourth-order valence-corrected chi connectivity index (χ4v) is 2.97. The molecule has 1 N–H and O–H groups in total. The molecule has 8 heteroatoms. The van der Waals surface area contributed by atoms with Crippen molar-refractivity contribution in [3.05, 3.63) is 47.1 Å². The molecule has 0 saturated heterocycles. The third-order valence-electron chi connectivity index (χ3n) is 4.04. The molecule has 0 unspecified atom stereocenters. The molecule has 1 amide bonds. The van der Waals surface area contributed by atoms with Crippen LogP contribution in [0.3, 0.4) is 0 Å². The van der Waals surface area contributed by atoms with Gasteiger partial charge in [-0.3, -0.25) is 9.48 Å². The van der Waals surface area contributed by atoms with Gasteiger partial charge in [0, 0.05) is 26.8 Å². The molecule has 0 aliphatic carbocycles. The largest absolute Gasteiger partial charge is 0.362 e. The summed E-state index contributed by atoms with van der Waals surface area (Å²) in [5.41, 5.74) is 2.71. The number of rotatable bonds is 4. The second-order valence-corrected chi connectivity index (χ2v) is 6.23. The molecule has 7 nitrogen and oxygen atoms in total. The molecule has 0 bridgehead atoms. The van der Waals surface area contributed by atoms with Crippen molar-refractivity contribution in [2.45, 2.75) is 13.8 Å². The van der Waals surface area contributed by atoms with Gasteiger partial charge in [0.1, 0.15) is 28.7 Å². The molecule has 3 rings (SSSR count). The Morgan fingerprint density at radius 3 is 2.50 bits per heavy atom. The number of carbonyl (C=O) groups is 1. The SMILES string of the molecule is Cc1nn(C)c(N(C)C)c1-c1noc(C)c1C(=O)Nc1ccc(F)cc1. The summed E-state index contributed by atoms with van der Waals surface area (Å²) in [6, 6.07) is 5.56. The first kappa shape index (κ1) is 17.7. The van der Waals surface area contributed by atoms with E-state index in [0.717, 1.165) is 17.1 Å². The number of aromatic nitrogens is 3. The van der Waals surface area contributed by atoms with Crippen LogP contribution in [0.2, 0.25) is 0 Å². The molecular weight excluding hydrogens is 337 g/mol. The quantitative estimate of drug-likeness (QED) is 0.776. The molecule has 136 valence electrons. The van der Waals surface area contributed by atoms with Crippen LogP contribution in [0, 0.1) is 19.7 Å². The molecule has 0 saturated carbocycles. The van der Waals surface area contributed by atoms with Gasteiger partial charge in [-0.1, -0.05) is 5.16 Å². The smallest absolute Gasteiger partial charge is 0.261 e. The summed E-state index contributed by atoms with van der Waals surface area (Å²) in [6.45, 7) is 3.53. The number of aryl methyl sites for hydroxylation is 3. The van der Waals surface area contributed by atoms with Gasteiger partial charge in [0.2, 0.25) is 0 Å². The maximum atomic E-state index is 13.1. The van der Waals surface area contributed by atoms with E-state index in [1.807, 2.05) is 33.0 Å². The van der Waals surface area contributed by atoms with E-state index >= 15 is 0 Å². The highest BCUT2D eigenvalue weighted by Gasteiger charge is 2.28. The Morgan fingerprint density at radius 2 is 1.88 bits per heavy atom. The maximum Gasteiger partial charge on any atom is 0.261 e. The van der Waals surface area contributed by atoms with Gasteiger partial charge < -0.3 is 14.7 Å². The van der Waals surface area contributed by atoms with Gasteiger partial charge in [-0.2, -0.15) is 5.10 Å². The maximum absolute atomic E-state index is 13.1. The third-order valence-corrected chi connectivity index (χ3v) is 4.04. The number of halogens is 1. The van der Waals surface area contributed by atoms with Crippen molar-refractivity contribution in [3.8, 4) is 11.3 Å². The van der Waals surface area contributed by atoms with Crippen LogP contribution in [0.1, 0.15) is 21.8 Å². The number of anilines is 2. The number of carbonyl (C=O) groups excluding carboxylic acids is 1. The lowest BCUT2D eigenvalue weighted by molar-refractivity contribution is 0.102. The topological polar surface area (TPSA) is 76.2 Å². The molecule has 0 radical (unpaired) electrons. The molecule has 26 heavy (non-hydrogen) atoms. The minimum atomic E-state index is -0.377. The van der Waals surface area contributed by atoms with Crippen molar-refractivity contribution in [2.75, 3.05) is 24.3 Å². The van der Waals surface area contributed by atoms with Gasteiger partial charge in [0.25, 0.3) is 5.91 Å². The molecule has 0 spiro atoms. The lowest BCUT2D eigenvalue weighted by atomic mass is 10.0. The van der Waals surface area contributed by atoms with Crippen molar-refractivity contribution >= 4 is 17.4 Å². The van der Waals surface area contributed by atoms with E-state index in [2.05, 4.69) is 15.6 Å². The lowest BCUT2D eigenvalue weighted by Crippen LogP contribution is -2.16. The predicted molar refractivity (Wildman–Crippen MR) is 96.9 cm³/mol. The predicted octanol–water partition coefficient (Wildman–Crippen LogP) is 3.15. The molecule has 3 aromatic rings. The van der Waals surface area contributed by atoms with E-state index in [0.29, 0.717) is 22.7 Å². The number of hydrogen-bond donors (Lipinski definition) is 1. The van der Waals surface area contributed by atoms with Crippen molar-refractivity contribution in [3.63, 3.8) is 0 Å². The van der Waals surface area contributed by atoms with Gasteiger partial charge in [0.15, 0.2) is 0 Å². The highest BCUT2D eigenvalue weighted by Crippen LogP contribution is 2.35. The van der Waals surface area contributed by atoms with Crippen molar-refractivity contribution in [2.24, 2.45) is 7.05 Å². The number of benzene rings is 1. The Balaban J connectivity index is 2.05. The molecule has 0 fully saturated rings. The second-order valence-electron chi connectivity index (χ2n) is 6.23. The molecule has 1 aromatic carbocycles. The van der Waals surface area contributed by atoms with E-state index in [9.17, 15) is 9.18 Å². The summed E-state index contributed by atoms with van der Waals surface area (Å²) >= 11 is 0. The van der Waals surface area contributed by atoms with E-state index in [-0.39, 0.29) is 11.7 Å². The van der Waals surface area contributed by atoms with E-state index < -0.39 is 0 Å². The summed E-state index contributed by atoms with van der Waals surface area (Å²) in [5, 5.41) is 11.3. The Kier molecular flexibility index (Phi) is 4.50. The summed E-state index contributed by atoms with van der Waals surface area (Å²) in [4.78, 5) is 14.7. The summed E-state index contributed by atoms with van der Waals surface area (Å²) in [5.74, 6) is 0.462. The molecule has 2 aromatic heterocycles. The fourth-order valence-electron chi connectivity index (χ4n) is 2.97. The number of nitrogens with zero attached hydrogens (tertiary/aromatic N) is 4. The Morgan fingerprint density at radius 1 is 1.23 bits per heavy atom. The minimum Gasteiger partial charge on any atom is -0.362 e. The van der Waals surface area contributed by atoms with Crippen LogP contribution in [0.25, 0.3) is 11.3 Å². The van der Waals surface area contributed by atoms with Crippen LogP contribution in [-0.4, -0.2) is 34.9 Å². The third kappa shape index (κ3) is 3.05. The lowest BCUT2D eigenvalue weighted by Gasteiger charge is -2.14. The summed E-state index contributed by atoms with van der Waals surface area (Å²) < 4.78 is 20.1. The van der Waals surface area contributed by atoms with Crippen LogP contribution in [0.5, 0.6) is 0 Å². The Bertz CT molecular complexity index is 957. The van der Waals surface area contributed by atoms with E-state index in [1.54, 1.807) is 11.6 Å². The Labute approximate surface area is 150 Å². The zero-order chi connectivity index (χ0) is 19.0. The van der Waals surface area contributed by atoms with E-state index in [1.165, 1.54) is 24.3 Å². The number of hydrogen-bond acceptors (Lipinski definition) is 5. The van der Waals surface area contributed by atoms with Gasteiger partial charge in [-0.25, -0.2) is 4.39 Å². The first-order valence-corrected chi connectivity index (χ1v) is 8.04. The summed E-state index contributed by atoms with van der Waals surface area (Å²) in [6.07, 6.45) is 0. The molecule has 2 heterocycles. The van der Waals surface area contributed by atoms with Crippen molar-refractivity contribution in [1.29, 1.82) is 0 Å². The van der Waals surface area contributed by atoms with E-state index in [4.69, 9.17) is 4.52 Å². The monoisotopic (exact) mass is 357 g/mol. The number of amides is 1. The van der Waals surface area contributed by atoms with Crippen LogP contribution >= 0.6 is 0 Å². The van der Waals surface area contributed by atoms with Crippen LogP contribution in [0.4, 0.5) is 15.9 Å². The normalized spacial score (nSPS) is 10.8. The standard InChI is InChI=1S/C18H20FN5O2/c1-10-14(18(23(3)4)24(5)21-10)16-15(11(2)26-22-16)17(25)20-13-8-6-12(19)7-9-13/h6-9H,1-5H3,(H,20,25). The van der Waals surface area contributed by atoms with Crippen molar-refractivity contribution in [1.82, 2.24) is 14.9 Å². The minimum absolute atomic E-state index is 0.327. The molecule has 0 atom stereocenters. The fraction of sp³-hybridized carbons (Fsp3) is 0.278. The van der Waals surface area contributed by atoms with Gasteiger partial charge in [-0.05, 0) is 38.1 Å². The number of nitrogens with one attached hydrogen (secondary N) is 1. The highest BCUT2D eigenvalue weighted by atomic mass is 19.1. The molecule has 0 aliphatic heterocycles. The van der Waals surface area contributed by atoms with Gasteiger partial charge in [0.05, 0.1) is 11.3 Å². The zero-order valence-electron chi connectivity index (χ0n) is 15.3. The average molecular weight is 357 g/mol. The van der Waals surface area contributed by atoms with Crippen molar-refractivity contribution < 1.29 is 13.7 Å². The van der Waals surface area contributed by atoms with Crippen LogP contribution < -0.4 is 10.2 Å². The van der Waals surface area contributed by atoms with Gasteiger partial charge >= 0.3 is 0 Å². The first-order chi connectivity index (χ1) is 12.3. The van der Waals surface area contributed by atoms with Gasteiger partial charge in [-0.15, -0.1) is 0 Å². The van der Waals surface area contributed by atoms with Crippen LogP contribution in [-0.2, 0) is 7.05 Å². The molecule has 0 aliphatic rings. The molecular formula is C18H20FN5O2. The first-order valence-electron chi connectivity index (χ1n) is 8.04. The summed E-state index contributed by atoms with van der Waals surface area (Å²) in [7, 11) is 5.62. The Hall–Kier alpha value is -3.16. The zero-order valence-corrected chi connectivity index (χ0v) is 15.3. The average Bonchev–Trinajstić information content (AvgIpc) is 3.08. The second kappa shape index (κ2) is 6.62. The highest BCUT2D eigenvalue weighted by molar-refractivity contribution is 6.09.